The molecule has 327 valence electrons. The number of rotatable bonds is 10. The van der Waals surface area contributed by atoms with Crippen molar-refractivity contribution in [2.45, 2.75) is 64.2 Å². The largest absolute Gasteiger partial charge is 0 e. The molecule has 9 rings (SSSR count). The Bertz CT molecular complexity index is 3050. The maximum Gasteiger partial charge on any atom is 0 e. The first-order chi connectivity index (χ1) is 30.9. The van der Waals surface area contributed by atoms with Crippen LogP contribution < -0.4 is 4.40 Å². The van der Waals surface area contributed by atoms with Crippen LogP contribution in [0.15, 0.2) is 162 Å². The average molecular weight is 1090 g/mol. The Morgan fingerprint density at radius 3 is 1.97 bits per heavy atom. The minimum absolute atomic E-state index is 0. The van der Waals surface area contributed by atoms with E-state index in [0.717, 1.165) is 56.4 Å². The standard InChI is InChI=1S/C40H32NO.C19H23GeN2.Ir/c1-26(2)27(3)30-22-23-41-37(24-30)36-19-11-18-35-34-21-20-31(25-38(34)42-40(35)36)39-32(28-12-6-4-7-13-28)16-10-17-33(39)29-14-8-5-9-15-29;1-14(2)10-16-12-19(22-13-18(16)20(3,4)5)15-8-7-9-17(11-15)21-6;/h4-18,20-27H,1-3H3;7,9,11-14H,10H2,1-5H3;/q2*-1;. The van der Waals surface area contributed by atoms with Crippen molar-refractivity contribution in [2.24, 2.45) is 11.8 Å². The molecule has 0 amide bonds. The van der Waals surface area contributed by atoms with Crippen LogP contribution in [-0.4, -0.2) is 23.2 Å². The minimum Gasteiger partial charge on any atom is 0 e. The zero-order chi connectivity index (χ0) is 45.0. The smallest absolute Gasteiger partial charge is 0 e. The van der Waals surface area contributed by atoms with Crippen LogP contribution >= 0.6 is 0 Å². The van der Waals surface area contributed by atoms with Crippen LogP contribution in [0.25, 0.3) is 82.7 Å². The van der Waals surface area contributed by atoms with Crippen molar-refractivity contribution in [3.05, 3.63) is 193 Å². The molecule has 0 N–H and O–H groups in total. The van der Waals surface area contributed by atoms with Gasteiger partial charge in [-0.3, -0.25) is 0 Å². The minimum atomic E-state index is -1.93. The second kappa shape index (κ2) is 20.5. The Balaban J connectivity index is 0.000000233. The van der Waals surface area contributed by atoms with Crippen molar-refractivity contribution in [2.75, 3.05) is 0 Å². The van der Waals surface area contributed by atoms with Crippen LogP contribution in [0.2, 0.25) is 17.3 Å². The van der Waals surface area contributed by atoms with Crippen LogP contribution in [0.3, 0.4) is 0 Å². The summed E-state index contributed by atoms with van der Waals surface area (Å²) in [4.78, 5) is 12.9. The van der Waals surface area contributed by atoms with Crippen LogP contribution in [0, 0.1) is 30.5 Å². The summed E-state index contributed by atoms with van der Waals surface area (Å²) in [6.45, 7) is 18.4. The summed E-state index contributed by atoms with van der Waals surface area (Å²) in [6, 6.07) is 57.1. The first kappa shape index (κ1) is 47.1. The quantitative estimate of drug-likeness (QED) is 0.101. The summed E-state index contributed by atoms with van der Waals surface area (Å²) in [5, 5.41) is 2.17. The van der Waals surface area contributed by atoms with Crippen LogP contribution in [-0.2, 0) is 26.5 Å². The number of benzene rings is 6. The van der Waals surface area contributed by atoms with Crippen molar-refractivity contribution < 1.29 is 24.5 Å². The predicted molar refractivity (Wildman–Crippen MR) is 272 cm³/mol. The summed E-state index contributed by atoms with van der Waals surface area (Å²) in [5.74, 6) is 8.83. The van der Waals surface area contributed by atoms with E-state index in [1.54, 1.807) is 6.07 Å². The molecule has 6 aromatic carbocycles. The monoisotopic (exact) mass is 1090 g/mol. The van der Waals surface area contributed by atoms with E-state index in [9.17, 15) is 0 Å². The van der Waals surface area contributed by atoms with Gasteiger partial charge in [0.2, 0.25) is 0 Å². The maximum absolute atomic E-state index is 7.15. The van der Waals surface area contributed by atoms with E-state index < -0.39 is 13.3 Å². The summed E-state index contributed by atoms with van der Waals surface area (Å²) in [6.07, 6.45) is 5.06. The van der Waals surface area contributed by atoms with Gasteiger partial charge in [-0.15, -0.1) is 18.2 Å². The van der Waals surface area contributed by atoms with Crippen LogP contribution in [0.5, 0.6) is 0 Å². The fraction of sp³-hybridized carbons (Fsp3) is 0.203. The van der Waals surface area contributed by atoms with Crippen LogP contribution in [0.4, 0.5) is 5.69 Å². The third-order valence-electron chi connectivity index (χ3n) is 12.1. The van der Waals surface area contributed by atoms with E-state index in [0.29, 0.717) is 23.4 Å². The first-order valence-electron chi connectivity index (χ1n) is 22.4. The number of hydrogen-bond donors (Lipinski definition) is 0. The molecule has 1 atom stereocenters. The second-order valence-corrected chi connectivity index (χ2v) is 29.1. The molecule has 0 spiro atoms. The molecule has 65 heavy (non-hydrogen) atoms. The summed E-state index contributed by atoms with van der Waals surface area (Å²) in [7, 11) is 0. The topological polar surface area (TPSA) is 43.3 Å². The Labute approximate surface area is 401 Å². The van der Waals surface area contributed by atoms with Gasteiger partial charge < -0.3 is 9.40 Å². The average Bonchev–Trinajstić information content (AvgIpc) is 3.69. The van der Waals surface area contributed by atoms with E-state index in [1.807, 2.05) is 24.4 Å². The third kappa shape index (κ3) is 10.5. The Hall–Kier alpha value is -5.90. The van der Waals surface area contributed by atoms with Gasteiger partial charge in [-0.25, -0.2) is 0 Å². The Morgan fingerprint density at radius 1 is 0.662 bits per heavy atom. The first-order valence-corrected chi connectivity index (χ1v) is 29.7. The van der Waals surface area contributed by atoms with Gasteiger partial charge >= 0.3 is 137 Å². The molecule has 3 aromatic heterocycles. The van der Waals surface area contributed by atoms with Crippen molar-refractivity contribution in [1.29, 1.82) is 0 Å². The maximum atomic E-state index is 7.15. The zero-order valence-corrected chi connectivity index (χ0v) is 43.0. The van der Waals surface area contributed by atoms with Crippen molar-refractivity contribution >= 4 is 45.3 Å². The summed E-state index contributed by atoms with van der Waals surface area (Å²) in [5.41, 5.74) is 15.7. The van der Waals surface area contributed by atoms with E-state index in [-0.39, 0.29) is 20.1 Å². The number of hydrogen-bond acceptors (Lipinski definition) is 3. The molecule has 3 heterocycles. The van der Waals surface area contributed by atoms with Crippen molar-refractivity contribution in [3.63, 3.8) is 0 Å². The third-order valence-corrected chi connectivity index (χ3v) is 16.5. The van der Waals surface area contributed by atoms with E-state index in [4.69, 9.17) is 16.0 Å². The van der Waals surface area contributed by atoms with Gasteiger partial charge in [-0.05, 0) is 63.0 Å². The normalized spacial score (nSPS) is 11.8. The van der Waals surface area contributed by atoms with Gasteiger partial charge in [-0.2, -0.15) is 0 Å². The van der Waals surface area contributed by atoms with Crippen molar-refractivity contribution in [1.82, 2.24) is 9.97 Å². The van der Waals surface area contributed by atoms with Gasteiger partial charge in [-0.1, -0.05) is 134 Å². The van der Waals surface area contributed by atoms with E-state index in [2.05, 4.69) is 201 Å². The molecule has 0 saturated heterocycles. The molecule has 6 heteroatoms. The molecule has 1 unspecified atom stereocenters. The number of furan rings is 1. The molecule has 0 fully saturated rings. The Morgan fingerprint density at radius 2 is 1.34 bits per heavy atom. The molecule has 0 bridgehead atoms. The molecule has 0 aliphatic carbocycles. The molecule has 4 nitrogen and oxygen atoms in total. The van der Waals surface area contributed by atoms with Crippen molar-refractivity contribution in [3.8, 4) is 55.9 Å². The molecule has 1 radical (unpaired) electrons. The van der Waals surface area contributed by atoms with Gasteiger partial charge in [0.25, 0.3) is 0 Å². The van der Waals surface area contributed by atoms with E-state index >= 15 is 0 Å². The molecular weight excluding hydrogens is 1030 g/mol. The molecular formula is C59H55GeIrN3O-2. The summed E-state index contributed by atoms with van der Waals surface area (Å²) < 4.78 is 8.15. The predicted octanol–water partition coefficient (Wildman–Crippen LogP) is 16.0. The molecule has 0 aliphatic heterocycles. The SMILES string of the molecule is CC(C)C(C)c1ccnc(-c2[c-]ccc3c2oc2cc(-c4c(-c5ccccc5)cccc4-c4ccccc4)ccc23)c1.[C-]#[N+]c1cc[c-]c(-c2cc(CC(C)C)[c]([Ge]([CH3])([CH3])[CH3])cn2)c1.[Ir]. The van der Waals surface area contributed by atoms with Gasteiger partial charge in [0.15, 0.2) is 0 Å². The number of fused-ring (bicyclic) bond motifs is 3. The zero-order valence-electron chi connectivity index (χ0n) is 38.5. The van der Waals surface area contributed by atoms with E-state index in [1.165, 1.54) is 43.3 Å². The van der Waals surface area contributed by atoms with Gasteiger partial charge in [0.05, 0.1) is 5.58 Å². The fourth-order valence-corrected chi connectivity index (χ4v) is 11.9. The van der Waals surface area contributed by atoms with Gasteiger partial charge in [0.1, 0.15) is 5.58 Å². The Kier molecular flexibility index (Phi) is 14.9. The second-order valence-electron chi connectivity index (χ2n) is 18.5. The molecule has 0 aliphatic rings. The number of pyridine rings is 2. The molecule has 0 saturated carbocycles. The number of nitrogens with zero attached hydrogens (tertiary/aromatic N) is 3. The summed E-state index contributed by atoms with van der Waals surface area (Å²) >= 11 is -1.93. The fourth-order valence-electron chi connectivity index (χ4n) is 8.52. The van der Waals surface area contributed by atoms with Gasteiger partial charge in [0, 0.05) is 31.7 Å². The molecule has 9 aromatic rings. The van der Waals surface area contributed by atoms with Crippen LogP contribution in [0.1, 0.15) is 51.7 Å². The number of aromatic nitrogens is 2.